The van der Waals surface area contributed by atoms with E-state index in [0.717, 1.165) is 19.3 Å². The fourth-order valence-electron chi connectivity index (χ4n) is 1.61. The van der Waals surface area contributed by atoms with E-state index in [1.165, 1.54) is 0 Å². The molecule has 0 bridgehead atoms. The summed E-state index contributed by atoms with van der Waals surface area (Å²) in [6, 6.07) is -1.14. The standard InChI is InChI=1S/C13H24N2O3/c1-4-7-8-11(12(16)17)14-13(18)15(9-5-2)10-6-3/h5,11H,2,4,6-10H2,1,3H3,(H,14,18)(H,16,17)/t11-/m0/s1. The first kappa shape index (κ1) is 16.5. The Morgan fingerprint density at radius 1 is 1.39 bits per heavy atom. The van der Waals surface area contributed by atoms with Crippen molar-refractivity contribution >= 4 is 12.0 Å². The van der Waals surface area contributed by atoms with Gasteiger partial charge in [0.2, 0.25) is 0 Å². The number of carbonyl (C=O) groups is 2. The van der Waals surface area contributed by atoms with Crippen LogP contribution < -0.4 is 5.32 Å². The number of rotatable bonds is 9. The van der Waals surface area contributed by atoms with E-state index in [9.17, 15) is 9.59 Å². The van der Waals surface area contributed by atoms with Crippen LogP contribution in [0, 0.1) is 0 Å². The third-order valence-electron chi connectivity index (χ3n) is 2.57. The number of nitrogens with zero attached hydrogens (tertiary/aromatic N) is 1. The Morgan fingerprint density at radius 2 is 2.06 bits per heavy atom. The molecule has 0 saturated heterocycles. The number of unbranched alkanes of at least 4 members (excludes halogenated alkanes) is 1. The van der Waals surface area contributed by atoms with Crippen molar-refractivity contribution in [2.45, 2.75) is 45.6 Å². The molecule has 5 heteroatoms. The van der Waals surface area contributed by atoms with E-state index in [2.05, 4.69) is 11.9 Å². The second-order valence-corrected chi connectivity index (χ2v) is 4.22. The molecule has 0 aliphatic heterocycles. The van der Waals surface area contributed by atoms with E-state index in [1.807, 2.05) is 13.8 Å². The highest BCUT2D eigenvalue weighted by atomic mass is 16.4. The van der Waals surface area contributed by atoms with Crippen LogP contribution in [0.2, 0.25) is 0 Å². The van der Waals surface area contributed by atoms with Crippen molar-refractivity contribution in [1.29, 1.82) is 0 Å². The van der Waals surface area contributed by atoms with Crippen molar-refractivity contribution in [2.24, 2.45) is 0 Å². The van der Waals surface area contributed by atoms with Crippen LogP contribution in [0.25, 0.3) is 0 Å². The summed E-state index contributed by atoms with van der Waals surface area (Å²) in [7, 11) is 0. The zero-order chi connectivity index (χ0) is 14.0. The Labute approximate surface area is 109 Å². The van der Waals surface area contributed by atoms with Crippen LogP contribution in [0.4, 0.5) is 4.79 Å². The van der Waals surface area contributed by atoms with Crippen LogP contribution in [0.5, 0.6) is 0 Å². The van der Waals surface area contributed by atoms with Gasteiger partial charge >= 0.3 is 12.0 Å². The van der Waals surface area contributed by atoms with E-state index in [4.69, 9.17) is 5.11 Å². The van der Waals surface area contributed by atoms with Crippen molar-refractivity contribution in [1.82, 2.24) is 10.2 Å². The van der Waals surface area contributed by atoms with Gasteiger partial charge in [-0.2, -0.15) is 0 Å². The average Bonchev–Trinajstić information content (AvgIpc) is 2.33. The third-order valence-corrected chi connectivity index (χ3v) is 2.57. The van der Waals surface area contributed by atoms with Crippen LogP contribution in [-0.4, -0.2) is 41.1 Å². The first-order valence-corrected chi connectivity index (χ1v) is 6.45. The quantitative estimate of drug-likeness (QED) is 0.621. The molecule has 0 saturated carbocycles. The molecule has 2 N–H and O–H groups in total. The van der Waals surface area contributed by atoms with E-state index in [-0.39, 0.29) is 6.03 Å². The van der Waals surface area contributed by atoms with Crippen molar-refractivity contribution < 1.29 is 14.7 Å². The highest BCUT2D eigenvalue weighted by Crippen LogP contribution is 2.02. The minimum atomic E-state index is -0.980. The minimum Gasteiger partial charge on any atom is -0.480 e. The molecule has 5 nitrogen and oxygen atoms in total. The summed E-state index contributed by atoms with van der Waals surface area (Å²) >= 11 is 0. The van der Waals surface area contributed by atoms with Crippen LogP contribution in [0.15, 0.2) is 12.7 Å². The zero-order valence-corrected chi connectivity index (χ0v) is 11.3. The monoisotopic (exact) mass is 256 g/mol. The largest absolute Gasteiger partial charge is 0.480 e. The summed E-state index contributed by atoms with van der Waals surface area (Å²) in [5.41, 5.74) is 0. The Hall–Kier alpha value is -1.52. The second kappa shape index (κ2) is 9.50. The van der Waals surface area contributed by atoms with Gasteiger partial charge in [0.05, 0.1) is 0 Å². The Morgan fingerprint density at radius 3 is 2.50 bits per heavy atom. The smallest absolute Gasteiger partial charge is 0.326 e. The van der Waals surface area contributed by atoms with E-state index in [0.29, 0.717) is 19.5 Å². The molecule has 0 unspecified atom stereocenters. The summed E-state index contributed by atoms with van der Waals surface area (Å²) in [4.78, 5) is 24.5. The number of carboxylic acids is 1. The number of hydrogen-bond donors (Lipinski definition) is 2. The Bertz CT molecular complexity index is 279. The van der Waals surface area contributed by atoms with E-state index >= 15 is 0 Å². The fourth-order valence-corrected chi connectivity index (χ4v) is 1.61. The summed E-state index contributed by atoms with van der Waals surface area (Å²) in [6.07, 6.45) is 4.62. The summed E-state index contributed by atoms with van der Waals surface area (Å²) in [5, 5.41) is 11.6. The topological polar surface area (TPSA) is 69.6 Å². The summed E-state index contributed by atoms with van der Waals surface area (Å²) < 4.78 is 0. The molecule has 0 rings (SSSR count). The van der Waals surface area contributed by atoms with Gasteiger partial charge in [-0.1, -0.05) is 32.8 Å². The van der Waals surface area contributed by atoms with E-state index in [1.54, 1.807) is 11.0 Å². The van der Waals surface area contributed by atoms with Crippen LogP contribution in [0.3, 0.4) is 0 Å². The first-order valence-electron chi connectivity index (χ1n) is 6.45. The number of hydrogen-bond acceptors (Lipinski definition) is 2. The molecule has 0 aliphatic carbocycles. The molecule has 0 aromatic heterocycles. The van der Waals surface area contributed by atoms with Gasteiger partial charge in [0.25, 0.3) is 0 Å². The maximum atomic E-state index is 11.9. The Kier molecular flexibility index (Phi) is 8.70. The molecular weight excluding hydrogens is 232 g/mol. The molecule has 104 valence electrons. The van der Waals surface area contributed by atoms with Crippen molar-refractivity contribution in [3.63, 3.8) is 0 Å². The normalized spacial score (nSPS) is 11.7. The lowest BCUT2D eigenvalue weighted by Crippen LogP contribution is -2.48. The first-order chi connectivity index (χ1) is 8.56. The molecule has 0 spiro atoms. The predicted octanol–water partition coefficient (Wildman–Crippen LogP) is 2.24. The predicted molar refractivity (Wildman–Crippen MR) is 71.5 cm³/mol. The van der Waals surface area contributed by atoms with Crippen LogP contribution in [0.1, 0.15) is 39.5 Å². The molecule has 0 radical (unpaired) electrons. The SMILES string of the molecule is C=CCN(CCC)C(=O)N[C@@H](CCCC)C(=O)O. The zero-order valence-electron chi connectivity index (χ0n) is 11.3. The Balaban J connectivity index is 4.44. The van der Waals surface area contributed by atoms with Gasteiger partial charge in [0, 0.05) is 13.1 Å². The molecule has 0 heterocycles. The van der Waals surface area contributed by atoms with Gasteiger partial charge in [-0.15, -0.1) is 6.58 Å². The van der Waals surface area contributed by atoms with Crippen molar-refractivity contribution in [3.8, 4) is 0 Å². The molecule has 0 aromatic carbocycles. The number of aliphatic carboxylic acids is 1. The lowest BCUT2D eigenvalue weighted by Gasteiger charge is -2.23. The minimum absolute atomic E-state index is 0.333. The van der Waals surface area contributed by atoms with Gasteiger partial charge < -0.3 is 15.3 Å². The summed E-state index contributed by atoms with van der Waals surface area (Å²) in [6.45, 7) is 8.57. The van der Waals surface area contributed by atoms with Gasteiger partial charge in [0.15, 0.2) is 0 Å². The van der Waals surface area contributed by atoms with Crippen molar-refractivity contribution in [2.75, 3.05) is 13.1 Å². The number of amides is 2. The molecule has 2 amide bonds. The van der Waals surface area contributed by atoms with Crippen LogP contribution in [-0.2, 0) is 4.79 Å². The maximum absolute atomic E-state index is 11.9. The number of urea groups is 1. The number of carbonyl (C=O) groups excluding carboxylic acids is 1. The molecule has 0 aliphatic rings. The molecule has 1 atom stereocenters. The third kappa shape index (κ3) is 6.27. The molecule has 18 heavy (non-hydrogen) atoms. The summed E-state index contributed by atoms with van der Waals surface area (Å²) in [5.74, 6) is -0.980. The highest BCUT2D eigenvalue weighted by Gasteiger charge is 2.21. The number of nitrogens with one attached hydrogen (secondary N) is 1. The van der Waals surface area contributed by atoms with Gasteiger partial charge in [-0.05, 0) is 12.8 Å². The fraction of sp³-hybridized carbons (Fsp3) is 0.692. The van der Waals surface area contributed by atoms with Gasteiger partial charge in [-0.3, -0.25) is 0 Å². The van der Waals surface area contributed by atoms with Gasteiger partial charge in [-0.25, -0.2) is 9.59 Å². The van der Waals surface area contributed by atoms with Crippen LogP contribution >= 0.6 is 0 Å². The average molecular weight is 256 g/mol. The maximum Gasteiger partial charge on any atom is 0.326 e. The highest BCUT2D eigenvalue weighted by molar-refractivity contribution is 5.82. The molecular formula is C13H24N2O3. The second-order valence-electron chi connectivity index (χ2n) is 4.22. The lowest BCUT2D eigenvalue weighted by molar-refractivity contribution is -0.139. The number of carboxylic acid groups (broad SMARTS) is 1. The molecule has 0 fully saturated rings. The van der Waals surface area contributed by atoms with Gasteiger partial charge in [0.1, 0.15) is 6.04 Å². The van der Waals surface area contributed by atoms with Crippen molar-refractivity contribution in [3.05, 3.63) is 12.7 Å². The van der Waals surface area contributed by atoms with E-state index < -0.39 is 12.0 Å². The lowest BCUT2D eigenvalue weighted by atomic mass is 10.1. The molecule has 0 aromatic rings.